The van der Waals surface area contributed by atoms with Crippen molar-refractivity contribution in [1.82, 2.24) is 4.31 Å². The number of nitrogens with zero attached hydrogens (tertiary/aromatic N) is 1. The molecule has 0 aliphatic rings. The van der Waals surface area contributed by atoms with Gasteiger partial charge in [0.1, 0.15) is 10.7 Å². The third-order valence-electron chi connectivity index (χ3n) is 3.26. The van der Waals surface area contributed by atoms with Gasteiger partial charge in [-0.2, -0.15) is 4.31 Å². The van der Waals surface area contributed by atoms with Gasteiger partial charge >= 0.3 is 0 Å². The molecule has 2 rings (SSSR count). The molecule has 6 heteroatoms. The lowest BCUT2D eigenvalue weighted by Crippen LogP contribution is -2.27. The summed E-state index contributed by atoms with van der Waals surface area (Å²) in [6.07, 6.45) is 0. The summed E-state index contributed by atoms with van der Waals surface area (Å²) in [6, 6.07) is 12.7. The highest BCUT2D eigenvalue weighted by Crippen LogP contribution is 2.20. The normalized spacial score (nSPS) is 11.8. The van der Waals surface area contributed by atoms with Crippen LogP contribution in [-0.2, 0) is 23.1 Å². The zero-order valence-electron chi connectivity index (χ0n) is 11.7. The molecule has 2 aromatic carbocycles. The smallest absolute Gasteiger partial charge is 0.246 e. The summed E-state index contributed by atoms with van der Waals surface area (Å²) in [4.78, 5) is -0.322. The van der Waals surface area contributed by atoms with Crippen molar-refractivity contribution in [1.29, 1.82) is 0 Å². The predicted octanol–water partition coefficient (Wildman–Crippen LogP) is 2.11. The van der Waals surface area contributed by atoms with Crippen molar-refractivity contribution in [3.8, 4) is 0 Å². The Kier molecular flexibility index (Phi) is 4.72. The monoisotopic (exact) mass is 308 g/mol. The first-order valence-electron chi connectivity index (χ1n) is 6.44. The standard InChI is InChI=1S/C15H17FN2O2S/c1-18(11-13-7-3-2-6-12(13)10-17)21(19,20)15-9-5-4-8-14(15)16/h2-9H,10-11,17H2,1H3. The van der Waals surface area contributed by atoms with Crippen LogP contribution in [-0.4, -0.2) is 19.8 Å². The number of halogens is 1. The van der Waals surface area contributed by atoms with E-state index in [1.165, 1.54) is 25.2 Å². The molecular formula is C15H17FN2O2S. The molecule has 0 aliphatic heterocycles. The summed E-state index contributed by atoms with van der Waals surface area (Å²) < 4.78 is 39.7. The lowest BCUT2D eigenvalue weighted by molar-refractivity contribution is 0.458. The Bertz CT molecular complexity index is 732. The maximum atomic E-state index is 13.7. The summed E-state index contributed by atoms with van der Waals surface area (Å²) in [5.74, 6) is -0.753. The zero-order valence-corrected chi connectivity index (χ0v) is 12.5. The molecule has 0 spiro atoms. The second-order valence-electron chi connectivity index (χ2n) is 4.66. The van der Waals surface area contributed by atoms with Gasteiger partial charge in [0, 0.05) is 20.1 Å². The number of hydrogen-bond donors (Lipinski definition) is 1. The van der Waals surface area contributed by atoms with E-state index in [9.17, 15) is 12.8 Å². The minimum atomic E-state index is -3.88. The molecule has 0 heterocycles. The lowest BCUT2D eigenvalue weighted by atomic mass is 10.1. The fraction of sp³-hybridized carbons (Fsp3) is 0.200. The Morgan fingerprint density at radius 2 is 1.62 bits per heavy atom. The van der Waals surface area contributed by atoms with E-state index < -0.39 is 15.8 Å². The number of hydrogen-bond acceptors (Lipinski definition) is 3. The van der Waals surface area contributed by atoms with Gasteiger partial charge < -0.3 is 5.73 Å². The molecule has 0 unspecified atom stereocenters. The van der Waals surface area contributed by atoms with E-state index in [1.54, 1.807) is 0 Å². The molecule has 21 heavy (non-hydrogen) atoms. The van der Waals surface area contributed by atoms with Crippen LogP contribution in [0.3, 0.4) is 0 Å². The summed E-state index contributed by atoms with van der Waals surface area (Å²) in [5.41, 5.74) is 7.32. The fourth-order valence-electron chi connectivity index (χ4n) is 2.06. The molecule has 0 bridgehead atoms. The summed E-state index contributed by atoms with van der Waals surface area (Å²) >= 11 is 0. The molecule has 0 aromatic heterocycles. The molecule has 0 saturated carbocycles. The van der Waals surface area contributed by atoms with Gasteiger partial charge in [0.05, 0.1) is 0 Å². The minimum Gasteiger partial charge on any atom is -0.326 e. The van der Waals surface area contributed by atoms with Gasteiger partial charge in [-0.05, 0) is 23.3 Å². The van der Waals surface area contributed by atoms with Crippen molar-refractivity contribution in [2.24, 2.45) is 5.73 Å². The first-order valence-corrected chi connectivity index (χ1v) is 7.88. The third kappa shape index (κ3) is 3.29. The largest absolute Gasteiger partial charge is 0.326 e. The van der Waals surface area contributed by atoms with Crippen LogP contribution in [0.2, 0.25) is 0 Å². The van der Waals surface area contributed by atoms with Crippen molar-refractivity contribution < 1.29 is 12.8 Å². The predicted molar refractivity (Wildman–Crippen MR) is 79.4 cm³/mol. The zero-order chi connectivity index (χ0) is 15.5. The van der Waals surface area contributed by atoms with Crippen molar-refractivity contribution in [3.05, 3.63) is 65.5 Å². The Hall–Kier alpha value is -1.76. The SMILES string of the molecule is CN(Cc1ccccc1CN)S(=O)(=O)c1ccccc1F. The number of nitrogens with two attached hydrogens (primary N) is 1. The second-order valence-corrected chi connectivity index (χ2v) is 6.68. The van der Waals surface area contributed by atoms with Crippen LogP contribution in [0, 0.1) is 5.82 Å². The summed E-state index contributed by atoms with van der Waals surface area (Å²) in [5, 5.41) is 0. The Morgan fingerprint density at radius 3 is 2.24 bits per heavy atom. The van der Waals surface area contributed by atoms with E-state index in [4.69, 9.17) is 5.73 Å². The van der Waals surface area contributed by atoms with Gasteiger partial charge in [0.25, 0.3) is 0 Å². The van der Waals surface area contributed by atoms with Crippen LogP contribution in [0.4, 0.5) is 4.39 Å². The first-order chi connectivity index (χ1) is 9.96. The van der Waals surface area contributed by atoms with E-state index in [2.05, 4.69) is 0 Å². The molecule has 2 aromatic rings. The molecule has 0 aliphatic carbocycles. The average molecular weight is 308 g/mol. The van der Waals surface area contributed by atoms with Gasteiger partial charge in [-0.25, -0.2) is 12.8 Å². The van der Waals surface area contributed by atoms with Crippen LogP contribution in [0.5, 0.6) is 0 Å². The molecule has 0 amide bonds. The Morgan fingerprint density at radius 1 is 1.05 bits per heavy atom. The van der Waals surface area contributed by atoms with Crippen molar-refractivity contribution in [2.45, 2.75) is 18.0 Å². The van der Waals surface area contributed by atoms with E-state index in [0.717, 1.165) is 21.5 Å². The summed E-state index contributed by atoms with van der Waals surface area (Å²) in [7, 11) is -2.45. The fourth-order valence-corrected chi connectivity index (χ4v) is 3.27. The maximum absolute atomic E-state index is 13.7. The molecule has 0 radical (unpaired) electrons. The van der Waals surface area contributed by atoms with E-state index >= 15 is 0 Å². The van der Waals surface area contributed by atoms with Gasteiger partial charge in [0.15, 0.2) is 0 Å². The quantitative estimate of drug-likeness (QED) is 0.920. The first kappa shape index (κ1) is 15.6. The Labute approximate surface area is 124 Å². The molecule has 2 N–H and O–H groups in total. The second kappa shape index (κ2) is 6.34. The Balaban J connectivity index is 2.32. The van der Waals surface area contributed by atoms with Crippen molar-refractivity contribution in [3.63, 3.8) is 0 Å². The summed E-state index contributed by atoms with van der Waals surface area (Å²) in [6.45, 7) is 0.466. The van der Waals surface area contributed by atoms with E-state index in [1.807, 2.05) is 24.3 Å². The number of sulfonamides is 1. The van der Waals surface area contributed by atoms with Crippen LogP contribution in [0.1, 0.15) is 11.1 Å². The van der Waals surface area contributed by atoms with E-state index in [0.29, 0.717) is 6.54 Å². The molecular weight excluding hydrogens is 291 g/mol. The van der Waals surface area contributed by atoms with Crippen molar-refractivity contribution >= 4 is 10.0 Å². The van der Waals surface area contributed by atoms with Gasteiger partial charge in [-0.15, -0.1) is 0 Å². The van der Waals surface area contributed by atoms with Gasteiger partial charge in [-0.3, -0.25) is 0 Å². The van der Waals surface area contributed by atoms with Crippen LogP contribution >= 0.6 is 0 Å². The van der Waals surface area contributed by atoms with Gasteiger partial charge in [0.2, 0.25) is 10.0 Å². The number of rotatable bonds is 5. The number of benzene rings is 2. The molecule has 0 fully saturated rings. The minimum absolute atomic E-state index is 0.143. The molecule has 112 valence electrons. The molecule has 0 atom stereocenters. The topological polar surface area (TPSA) is 63.4 Å². The highest BCUT2D eigenvalue weighted by atomic mass is 32.2. The van der Waals surface area contributed by atoms with Crippen molar-refractivity contribution in [2.75, 3.05) is 7.05 Å². The van der Waals surface area contributed by atoms with Gasteiger partial charge in [-0.1, -0.05) is 36.4 Å². The highest BCUT2D eigenvalue weighted by molar-refractivity contribution is 7.89. The molecule has 4 nitrogen and oxygen atoms in total. The third-order valence-corrected chi connectivity index (χ3v) is 5.09. The van der Waals surface area contributed by atoms with Crippen LogP contribution < -0.4 is 5.73 Å². The highest BCUT2D eigenvalue weighted by Gasteiger charge is 2.24. The average Bonchev–Trinajstić information content (AvgIpc) is 2.48. The van der Waals surface area contributed by atoms with Crippen LogP contribution in [0.25, 0.3) is 0 Å². The lowest BCUT2D eigenvalue weighted by Gasteiger charge is -2.19. The van der Waals surface area contributed by atoms with E-state index in [-0.39, 0.29) is 11.4 Å². The maximum Gasteiger partial charge on any atom is 0.246 e. The molecule has 0 saturated heterocycles. The van der Waals surface area contributed by atoms with Crippen LogP contribution in [0.15, 0.2) is 53.4 Å².